The smallest absolute Gasteiger partial charge is 0.243 e. The highest BCUT2D eigenvalue weighted by atomic mass is 32.2. The SMILES string of the molecule is CCCCC(C=O)NC(=O)[C@H](CC(C)C)NC(=O)[C@H](CC(C)C)NS(=O)(=O)c1cccc2c(N(C)C)cccc12. The van der Waals surface area contributed by atoms with Gasteiger partial charge in [-0.05, 0) is 43.2 Å². The van der Waals surface area contributed by atoms with Crippen molar-refractivity contribution in [3.05, 3.63) is 36.4 Å². The fraction of sp³-hybridized carbons (Fsp3) is 0.567. The standard InChI is InChI=1S/C30H46N4O5S/c1-8-9-12-22(19-35)31-29(36)25(17-20(2)3)32-30(37)26(18-21(4)5)33-40(38,39)28-16-11-13-23-24(28)14-10-15-27(23)34(6)7/h10-11,13-16,19-22,25-26,33H,8-9,12,17-18H2,1-7H3,(H,31,36)(H,32,37)/t22?,25-,26-/m0/s1. The normalized spacial score (nSPS) is 14.1. The van der Waals surface area contributed by atoms with Gasteiger partial charge in [0.1, 0.15) is 18.4 Å². The molecule has 0 fully saturated rings. The van der Waals surface area contributed by atoms with E-state index in [-0.39, 0.29) is 23.2 Å². The minimum absolute atomic E-state index is 0.00262. The van der Waals surface area contributed by atoms with E-state index in [1.54, 1.807) is 18.2 Å². The number of nitrogens with zero attached hydrogens (tertiary/aromatic N) is 1. The number of carbonyl (C=O) groups excluding carboxylic acids is 3. The van der Waals surface area contributed by atoms with Gasteiger partial charge in [0.25, 0.3) is 0 Å². The van der Waals surface area contributed by atoms with Crippen molar-refractivity contribution in [1.82, 2.24) is 15.4 Å². The summed E-state index contributed by atoms with van der Waals surface area (Å²) in [5.74, 6) is -0.962. The quantitative estimate of drug-likeness (QED) is 0.260. The van der Waals surface area contributed by atoms with Crippen LogP contribution in [0.1, 0.15) is 66.7 Å². The highest BCUT2D eigenvalue weighted by molar-refractivity contribution is 7.89. The maximum atomic E-state index is 13.7. The van der Waals surface area contributed by atoms with Crippen LogP contribution in [0.25, 0.3) is 10.8 Å². The first-order valence-corrected chi connectivity index (χ1v) is 15.6. The van der Waals surface area contributed by atoms with E-state index in [9.17, 15) is 22.8 Å². The fourth-order valence-corrected chi connectivity index (χ4v) is 6.11. The second kappa shape index (κ2) is 15.1. The summed E-state index contributed by atoms with van der Waals surface area (Å²) >= 11 is 0. The Bertz CT molecular complexity index is 1260. The Morgan fingerprint density at radius 3 is 2.02 bits per heavy atom. The van der Waals surface area contributed by atoms with Crippen molar-refractivity contribution in [2.45, 2.75) is 89.7 Å². The highest BCUT2D eigenvalue weighted by Gasteiger charge is 2.31. The van der Waals surface area contributed by atoms with Crippen LogP contribution in [0.5, 0.6) is 0 Å². The third-order valence-electron chi connectivity index (χ3n) is 6.65. The molecule has 0 aromatic heterocycles. The van der Waals surface area contributed by atoms with Gasteiger partial charge < -0.3 is 20.3 Å². The van der Waals surface area contributed by atoms with Gasteiger partial charge >= 0.3 is 0 Å². The zero-order chi connectivity index (χ0) is 30.0. The Morgan fingerprint density at radius 2 is 1.45 bits per heavy atom. The second-order valence-electron chi connectivity index (χ2n) is 11.4. The Balaban J connectivity index is 2.36. The number of fused-ring (bicyclic) bond motifs is 1. The molecule has 0 radical (unpaired) electrons. The van der Waals surface area contributed by atoms with E-state index in [2.05, 4.69) is 15.4 Å². The zero-order valence-electron chi connectivity index (χ0n) is 24.9. The lowest BCUT2D eigenvalue weighted by Gasteiger charge is -2.26. The molecule has 3 atom stereocenters. The Morgan fingerprint density at radius 1 is 0.875 bits per heavy atom. The van der Waals surface area contributed by atoms with Crippen LogP contribution in [0.3, 0.4) is 0 Å². The van der Waals surface area contributed by atoms with E-state index < -0.39 is 40.0 Å². The number of amides is 2. The maximum absolute atomic E-state index is 13.7. The monoisotopic (exact) mass is 574 g/mol. The molecule has 2 rings (SSSR count). The molecule has 3 N–H and O–H groups in total. The van der Waals surface area contributed by atoms with Crippen LogP contribution in [0.4, 0.5) is 5.69 Å². The van der Waals surface area contributed by atoms with E-state index >= 15 is 0 Å². The van der Waals surface area contributed by atoms with Crippen LogP contribution in [-0.4, -0.2) is 58.7 Å². The summed E-state index contributed by atoms with van der Waals surface area (Å²) in [6.07, 6.45) is 3.48. The Labute approximate surface area is 239 Å². The number of sulfonamides is 1. The van der Waals surface area contributed by atoms with E-state index in [0.717, 1.165) is 23.9 Å². The number of carbonyl (C=O) groups is 3. The first-order chi connectivity index (χ1) is 18.8. The molecule has 0 heterocycles. The van der Waals surface area contributed by atoms with Gasteiger partial charge in [0.15, 0.2) is 0 Å². The lowest BCUT2D eigenvalue weighted by atomic mass is 10.00. The van der Waals surface area contributed by atoms with E-state index in [0.29, 0.717) is 24.5 Å². The molecule has 0 aliphatic carbocycles. The Hall–Kier alpha value is -2.98. The molecule has 2 amide bonds. The maximum Gasteiger partial charge on any atom is 0.243 e. The molecular weight excluding hydrogens is 528 g/mol. The van der Waals surface area contributed by atoms with Crippen LogP contribution >= 0.6 is 0 Å². The van der Waals surface area contributed by atoms with Gasteiger partial charge in [-0.1, -0.05) is 71.7 Å². The lowest BCUT2D eigenvalue weighted by Crippen LogP contribution is -2.55. The van der Waals surface area contributed by atoms with Crippen LogP contribution in [0, 0.1) is 11.8 Å². The molecule has 1 unspecified atom stereocenters. The first kappa shape index (κ1) is 33.2. The summed E-state index contributed by atoms with van der Waals surface area (Å²) in [7, 11) is -0.326. The summed E-state index contributed by atoms with van der Waals surface area (Å²) in [5.41, 5.74) is 0.876. The average molecular weight is 575 g/mol. The van der Waals surface area contributed by atoms with Gasteiger partial charge in [0.05, 0.1) is 10.9 Å². The molecule has 40 heavy (non-hydrogen) atoms. The lowest BCUT2D eigenvalue weighted by molar-refractivity contribution is -0.131. The number of rotatable bonds is 16. The molecule has 2 aromatic carbocycles. The molecular formula is C30H46N4O5S. The number of unbranched alkanes of at least 4 members (excludes halogenated alkanes) is 1. The molecule has 0 bridgehead atoms. The topological polar surface area (TPSA) is 125 Å². The second-order valence-corrected chi connectivity index (χ2v) is 13.1. The van der Waals surface area contributed by atoms with Crippen molar-refractivity contribution in [1.29, 1.82) is 0 Å². The van der Waals surface area contributed by atoms with Gasteiger partial charge in [-0.25, -0.2) is 8.42 Å². The minimum Gasteiger partial charge on any atom is -0.377 e. The van der Waals surface area contributed by atoms with Gasteiger partial charge in [0, 0.05) is 30.6 Å². The molecule has 0 aliphatic rings. The summed E-state index contributed by atoms with van der Waals surface area (Å²) in [5, 5.41) is 6.84. The van der Waals surface area contributed by atoms with Crippen LogP contribution in [0.2, 0.25) is 0 Å². The van der Waals surface area contributed by atoms with Crippen LogP contribution in [-0.2, 0) is 24.4 Å². The van der Waals surface area contributed by atoms with E-state index in [1.807, 2.05) is 65.7 Å². The number of hydrogen-bond donors (Lipinski definition) is 3. The van der Waals surface area contributed by atoms with Gasteiger partial charge in [-0.2, -0.15) is 4.72 Å². The zero-order valence-corrected chi connectivity index (χ0v) is 25.7. The Kier molecular flexibility index (Phi) is 12.6. The number of hydrogen-bond acceptors (Lipinski definition) is 6. The summed E-state index contributed by atoms with van der Waals surface area (Å²) in [4.78, 5) is 40.1. The van der Waals surface area contributed by atoms with E-state index in [4.69, 9.17) is 0 Å². The molecule has 2 aromatic rings. The summed E-state index contributed by atoms with van der Waals surface area (Å²) < 4.78 is 30.0. The third-order valence-corrected chi connectivity index (χ3v) is 8.18. The minimum atomic E-state index is -4.11. The predicted octanol–water partition coefficient (Wildman–Crippen LogP) is 4.00. The van der Waals surface area contributed by atoms with Gasteiger partial charge in [-0.3, -0.25) is 9.59 Å². The van der Waals surface area contributed by atoms with E-state index in [1.165, 1.54) is 6.07 Å². The van der Waals surface area contributed by atoms with Crippen LogP contribution in [0.15, 0.2) is 41.3 Å². The fourth-order valence-electron chi connectivity index (χ4n) is 4.68. The van der Waals surface area contributed by atoms with Crippen molar-refractivity contribution in [2.75, 3.05) is 19.0 Å². The highest BCUT2D eigenvalue weighted by Crippen LogP contribution is 2.30. The molecule has 0 aliphatic heterocycles. The van der Waals surface area contributed by atoms with Gasteiger partial charge in [-0.15, -0.1) is 0 Å². The predicted molar refractivity (Wildman–Crippen MR) is 161 cm³/mol. The molecule has 0 saturated heterocycles. The van der Waals surface area contributed by atoms with Crippen molar-refractivity contribution >= 4 is 44.6 Å². The molecule has 222 valence electrons. The third kappa shape index (κ3) is 9.30. The molecule has 0 spiro atoms. The largest absolute Gasteiger partial charge is 0.377 e. The molecule has 10 heteroatoms. The summed E-state index contributed by atoms with van der Waals surface area (Å²) in [6, 6.07) is 7.91. The van der Waals surface area contributed by atoms with Crippen LogP contribution < -0.4 is 20.3 Å². The first-order valence-electron chi connectivity index (χ1n) is 14.1. The number of benzene rings is 2. The molecule has 0 saturated carbocycles. The van der Waals surface area contributed by atoms with Gasteiger partial charge in [0.2, 0.25) is 21.8 Å². The van der Waals surface area contributed by atoms with Crippen molar-refractivity contribution in [3.8, 4) is 0 Å². The van der Waals surface area contributed by atoms with Crippen molar-refractivity contribution in [3.63, 3.8) is 0 Å². The average Bonchev–Trinajstić information content (AvgIpc) is 2.88. The number of anilines is 1. The van der Waals surface area contributed by atoms with Crippen molar-refractivity contribution < 1.29 is 22.8 Å². The summed E-state index contributed by atoms with van der Waals surface area (Å²) in [6.45, 7) is 9.66. The number of aldehydes is 1. The number of nitrogens with one attached hydrogen (secondary N) is 3. The van der Waals surface area contributed by atoms with Crippen molar-refractivity contribution in [2.24, 2.45) is 11.8 Å². The molecule has 9 nitrogen and oxygen atoms in total.